The number of fused-ring (bicyclic) bond motifs is 4. The van der Waals surface area contributed by atoms with E-state index in [1.807, 2.05) is 0 Å². The minimum Gasteiger partial charge on any atom is -1.00 e. The highest BCUT2D eigenvalue weighted by Gasteiger charge is 2.16. The molecule has 6 aromatic rings. The molecule has 0 fully saturated rings. The number of pyridine rings is 2. The van der Waals surface area contributed by atoms with E-state index in [-0.39, 0.29) is 34.0 Å². The Balaban J connectivity index is 0.00000161. The SMILES string of the molecule is [Br-].[Br-].c1cc2cc(c1)CNc1cc[n+](c3ccccc13)Cc1cccc(c1)C[n+]1ccc(c3ccccc31)NC2. The number of nitrogens with zero attached hydrogens (tertiary/aromatic N) is 2. The number of para-hydroxylation sites is 2. The number of benzene rings is 4. The van der Waals surface area contributed by atoms with Gasteiger partial charge in [0.2, 0.25) is 11.0 Å². The van der Waals surface area contributed by atoms with Crippen LogP contribution < -0.4 is 53.7 Å². The summed E-state index contributed by atoms with van der Waals surface area (Å²) in [5, 5.41) is 9.87. The first-order valence-corrected chi connectivity index (χ1v) is 13.3. The standard InChI is InChI=1S/C34H28N4.2BrH/c1-3-13-33-29(11-1)31-15-17-37(33)23-27-9-6-10-28(20-27)24-38-18-16-32(30-12-2-4-14-34(30)38)36-22-26-8-5-7-25(19-26)21-35-31;;/h1-20H,21-24H2;2*1H. The average Bonchev–Trinajstić information content (AvgIpc) is 2.96. The van der Waals surface area contributed by atoms with Gasteiger partial charge in [-0.25, -0.2) is 0 Å². The van der Waals surface area contributed by atoms with Crippen molar-refractivity contribution in [2.75, 3.05) is 10.6 Å². The first-order chi connectivity index (χ1) is 18.8. The van der Waals surface area contributed by atoms with Crippen molar-refractivity contribution < 1.29 is 43.1 Å². The summed E-state index contributed by atoms with van der Waals surface area (Å²) >= 11 is 0. The Kier molecular flexibility index (Phi) is 8.48. The van der Waals surface area contributed by atoms with Gasteiger partial charge < -0.3 is 44.6 Å². The Bertz CT molecular complexity index is 1680. The summed E-state index contributed by atoms with van der Waals surface area (Å²) in [5.74, 6) is 0. The lowest BCUT2D eigenvalue weighted by molar-refractivity contribution is -0.663. The van der Waals surface area contributed by atoms with Crippen LogP contribution in [0.1, 0.15) is 22.3 Å². The van der Waals surface area contributed by atoms with Crippen molar-refractivity contribution in [3.63, 3.8) is 0 Å². The summed E-state index contributed by atoms with van der Waals surface area (Å²) in [6.07, 6.45) is 4.41. The molecule has 2 aliphatic heterocycles. The van der Waals surface area contributed by atoms with Crippen molar-refractivity contribution in [1.29, 1.82) is 0 Å². The zero-order valence-electron chi connectivity index (χ0n) is 22.0. The Morgan fingerprint density at radius 3 is 1.38 bits per heavy atom. The Labute approximate surface area is 255 Å². The normalized spacial score (nSPS) is 12.6. The maximum Gasteiger partial charge on any atom is 0.214 e. The molecule has 2 aromatic heterocycles. The van der Waals surface area contributed by atoms with E-state index >= 15 is 0 Å². The third-order valence-electron chi connectivity index (χ3n) is 7.50. The summed E-state index contributed by atoms with van der Waals surface area (Å²) in [4.78, 5) is 0. The molecule has 2 aliphatic rings. The second kappa shape index (κ2) is 12.2. The van der Waals surface area contributed by atoms with Gasteiger partial charge in [-0.05, 0) is 29.3 Å². The van der Waals surface area contributed by atoms with Gasteiger partial charge in [-0.1, -0.05) is 66.7 Å². The highest BCUT2D eigenvalue weighted by molar-refractivity contribution is 5.89. The summed E-state index contributed by atoms with van der Waals surface area (Å²) < 4.78 is 4.70. The minimum atomic E-state index is 0. The fourth-order valence-electron chi connectivity index (χ4n) is 5.62. The van der Waals surface area contributed by atoms with Gasteiger partial charge in [0.15, 0.2) is 25.5 Å². The monoisotopic (exact) mass is 652 g/mol. The van der Waals surface area contributed by atoms with Crippen LogP contribution in [0.25, 0.3) is 21.8 Å². The van der Waals surface area contributed by atoms with Crippen molar-refractivity contribution >= 4 is 33.2 Å². The van der Waals surface area contributed by atoms with Crippen molar-refractivity contribution in [1.82, 2.24) is 0 Å². The van der Waals surface area contributed by atoms with E-state index in [2.05, 4.69) is 141 Å². The van der Waals surface area contributed by atoms with E-state index in [9.17, 15) is 0 Å². The van der Waals surface area contributed by atoms with Gasteiger partial charge in [0, 0.05) is 48.5 Å². The van der Waals surface area contributed by atoms with Gasteiger partial charge in [0.1, 0.15) is 0 Å². The molecule has 8 rings (SSSR count). The smallest absolute Gasteiger partial charge is 0.214 e. The van der Waals surface area contributed by atoms with Crippen LogP contribution in [-0.4, -0.2) is 0 Å². The van der Waals surface area contributed by atoms with E-state index in [0.717, 1.165) is 37.6 Å². The topological polar surface area (TPSA) is 31.8 Å². The lowest BCUT2D eigenvalue weighted by atomic mass is 10.1. The molecular formula is C34H30Br2N4. The van der Waals surface area contributed by atoms with Crippen LogP contribution in [0.3, 0.4) is 0 Å². The number of halogens is 2. The molecule has 2 N–H and O–H groups in total. The minimum absolute atomic E-state index is 0. The van der Waals surface area contributed by atoms with Gasteiger partial charge in [-0.2, -0.15) is 9.13 Å². The summed E-state index contributed by atoms with van der Waals surface area (Å²) in [5.41, 5.74) is 9.91. The molecule has 0 amide bonds. The lowest BCUT2D eigenvalue weighted by Gasteiger charge is -2.13. The van der Waals surface area contributed by atoms with Crippen LogP contribution in [0.4, 0.5) is 11.4 Å². The Morgan fingerprint density at radius 2 is 0.875 bits per heavy atom. The predicted octanol–water partition coefficient (Wildman–Crippen LogP) is 0.210. The highest BCUT2D eigenvalue weighted by atomic mass is 79.9. The number of anilines is 2. The van der Waals surface area contributed by atoms with Gasteiger partial charge in [-0.15, -0.1) is 0 Å². The van der Waals surface area contributed by atoms with E-state index in [4.69, 9.17) is 0 Å². The van der Waals surface area contributed by atoms with Gasteiger partial charge >= 0.3 is 0 Å². The Hall–Kier alpha value is -3.74. The first-order valence-electron chi connectivity index (χ1n) is 13.3. The molecule has 4 nitrogen and oxygen atoms in total. The molecule has 0 saturated carbocycles. The predicted molar refractivity (Wildman–Crippen MR) is 154 cm³/mol. The van der Waals surface area contributed by atoms with Crippen LogP contribution in [-0.2, 0) is 26.2 Å². The molecule has 4 aromatic carbocycles. The Morgan fingerprint density at radius 1 is 0.450 bits per heavy atom. The zero-order valence-corrected chi connectivity index (χ0v) is 25.2. The second-order valence-corrected chi connectivity index (χ2v) is 10.1. The molecule has 40 heavy (non-hydrogen) atoms. The van der Waals surface area contributed by atoms with Crippen molar-refractivity contribution in [2.45, 2.75) is 26.2 Å². The first kappa shape index (κ1) is 27.8. The quantitative estimate of drug-likeness (QED) is 0.230. The van der Waals surface area contributed by atoms with Crippen LogP contribution in [0, 0.1) is 0 Å². The maximum atomic E-state index is 3.70. The second-order valence-electron chi connectivity index (χ2n) is 10.1. The maximum absolute atomic E-state index is 3.70. The lowest BCUT2D eigenvalue weighted by Crippen LogP contribution is -3.00. The third kappa shape index (κ3) is 5.60. The fourth-order valence-corrected chi connectivity index (χ4v) is 5.62. The molecule has 0 aliphatic carbocycles. The molecule has 6 heteroatoms. The number of rotatable bonds is 0. The molecule has 0 atom stereocenters. The van der Waals surface area contributed by atoms with Crippen LogP contribution in [0.2, 0.25) is 0 Å². The molecule has 0 unspecified atom stereocenters. The molecule has 8 bridgehead atoms. The molecule has 200 valence electrons. The number of nitrogens with one attached hydrogen (secondary N) is 2. The summed E-state index contributed by atoms with van der Waals surface area (Å²) in [6.45, 7) is 3.20. The molecule has 0 radical (unpaired) electrons. The van der Waals surface area contributed by atoms with E-state index in [1.54, 1.807) is 0 Å². The fraction of sp³-hybridized carbons (Fsp3) is 0.118. The summed E-state index contributed by atoms with van der Waals surface area (Å²) in [7, 11) is 0. The van der Waals surface area contributed by atoms with Gasteiger partial charge in [0.25, 0.3) is 0 Å². The van der Waals surface area contributed by atoms with Crippen molar-refractivity contribution in [2.24, 2.45) is 0 Å². The van der Waals surface area contributed by atoms with Crippen LogP contribution in [0.15, 0.2) is 122 Å². The van der Waals surface area contributed by atoms with E-state index in [0.29, 0.717) is 0 Å². The van der Waals surface area contributed by atoms with Gasteiger partial charge in [0.05, 0.1) is 22.1 Å². The van der Waals surface area contributed by atoms with Crippen molar-refractivity contribution in [3.05, 3.63) is 144 Å². The number of hydrogen-bond acceptors (Lipinski definition) is 2. The number of hydrogen-bond donors (Lipinski definition) is 2. The third-order valence-corrected chi connectivity index (χ3v) is 7.50. The average molecular weight is 654 g/mol. The molecule has 0 spiro atoms. The molecular weight excluding hydrogens is 624 g/mol. The largest absolute Gasteiger partial charge is 1.00 e. The molecule has 4 heterocycles. The molecule has 0 saturated heterocycles. The van der Waals surface area contributed by atoms with Crippen LogP contribution >= 0.6 is 0 Å². The van der Waals surface area contributed by atoms with Gasteiger partial charge in [-0.3, -0.25) is 0 Å². The van der Waals surface area contributed by atoms with Crippen LogP contribution in [0.5, 0.6) is 0 Å². The van der Waals surface area contributed by atoms with E-state index < -0.39 is 0 Å². The van der Waals surface area contributed by atoms with E-state index in [1.165, 1.54) is 44.1 Å². The summed E-state index contributed by atoms with van der Waals surface area (Å²) in [6, 6.07) is 39.6. The number of aromatic nitrogens is 2. The zero-order chi connectivity index (χ0) is 25.3. The van der Waals surface area contributed by atoms with Crippen molar-refractivity contribution in [3.8, 4) is 0 Å². The highest BCUT2D eigenvalue weighted by Crippen LogP contribution is 2.24.